The number of rotatable bonds is 3. The molecule has 5 nitrogen and oxygen atoms in total. The summed E-state index contributed by atoms with van der Waals surface area (Å²) in [4.78, 5) is 16.4. The molecule has 2 heterocycles. The van der Waals surface area contributed by atoms with Crippen LogP contribution in [0.5, 0.6) is 5.75 Å². The highest BCUT2D eigenvalue weighted by atomic mass is 16.5. The maximum absolute atomic E-state index is 12.4. The van der Waals surface area contributed by atoms with Crippen molar-refractivity contribution < 1.29 is 9.53 Å². The smallest absolute Gasteiger partial charge is 0.241 e. The number of hydrogen-bond acceptors (Lipinski definition) is 4. The molecule has 0 aromatic carbocycles. The second-order valence-electron chi connectivity index (χ2n) is 5.67. The molecule has 3 atom stereocenters. The normalized spacial score (nSPS) is 28.8. The third-order valence-corrected chi connectivity index (χ3v) is 4.44. The standard InChI is InChI=1S/C15H21N3O2/c1-20-14-6-7-16-9-13(14)18-15(19)12-8-10-4-2-3-5-11(10)17-12/h6-7,9-12,17H,2-5,8H2,1H3,(H,18,19). The Morgan fingerprint density at radius 3 is 3.10 bits per heavy atom. The molecule has 0 radical (unpaired) electrons. The average molecular weight is 275 g/mol. The van der Waals surface area contributed by atoms with Crippen LogP contribution in [0, 0.1) is 5.92 Å². The van der Waals surface area contributed by atoms with E-state index in [9.17, 15) is 4.79 Å². The molecule has 3 rings (SSSR count). The first-order valence-corrected chi connectivity index (χ1v) is 7.33. The van der Waals surface area contributed by atoms with Gasteiger partial charge in [0.05, 0.1) is 19.3 Å². The molecule has 1 aliphatic heterocycles. The molecule has 1 saturated carbocycles. The lowest BCUT2D eigenvalue weighted by molar-refractivity contribution is -0.117. The van der Waals surface area contributed by atoms with Crippen molar-refractivity contribution in [3.8, 4) is 5.75 Å². The van der Waals surface area contributed by atoms with Gasteiger partial charge in [0.1, 0.15) is 11.4 Å². The van der Waals surface area contributed by atoms with Crippen LogP contribution in [0.4, 0.5) is 5.69 Å². The number of carbonyl (C=O) groups excluding carboxylic acids is 1. The first-order valence-electron chi connectivity index (χ1n) is 7.33. The zero-order valence-electron chi connectivity index (χ0n) is 11.8. The zero-order valence-corrected chi connectivity index (χ0v) is 11.8. The summed E-state index contributed by atoms with van der Waals surface area (Å²) < 4.78 is 5.23. The van der Waals surface area contributed by atoms with Gasteiger partial charge in [-0.3, -0.25) is 9.78 Å². The summed E-state index contributed by atoms with van der Waals surface area (Å²) in [7, 11) is 1.59. The van der Waals surface area contributed by atoms with Crippen molar-refractivity contribution in [2.24, 2.45) is 5.92 Å². The van der Waals surface area contributed by atoms with Gasteiger partial charge in [0.25, 0.3) is 0 Å². The van der Waals surface area contributed by atoms with Gasteiger partial charge in [0, 0.05) is 18.3 Å². The van der Waals surface area contributed by atoms with Crippen LogP contribution >= 0.6 is 0 Å². The summed E-state index contributed by atoms with van der Waals surface area (Å²) in [5.74, 6) is 1.32. The number of amides is 1. The molecule has 1 aromatic rings. The van der Waals surface area contributed by atoms with E-state index in [1.54, 1.807) is 25.6 Å². The van der Waals surface area contributed by atoms with Crippen molar-refractivity contribution in [3.05, 3.63) is 18.5 Å². The van der Waals surface area contributed by atoms with Gasteiger partial charge in [0.15, 0.2) is 0 Å². The SMILES string of the molecule is COc1ccncc1NC(=O)C1CC2CCCCC2N1. The summed E-state index contributed by atoms with van der Waals surface area (Å²) >= 11 is 0. The second kappa shape index (κ2) is 5.79. The van der Waals surface area contributed by atoms with E-state index in [1.165, 1.54) is 25.7 Å². The average Bonchev–Trinajstić information content (AvgIpc) is 2.92. The Labute approximate surface area is 119 Å². The highest BCUT2D eigenvalue weighted by Gasteiger charge is 2.38. The van der Waals surface area contributed by atoms with Crippen LogP contribution in [0.15, 0.2) is 18.5 Å². The Morgan fingerprint density at radius 1 is 1.45 bits per heavy atom. The number of aromatic nitrogens is 1. The van der Waals surface area contributed by atoms with Crippen molar-refractivity contribution in [2.75, 3.05) is 12.4 Å². The Bertz CT molecular complexity index is 478. The molecular formula is C15H21N3O2. The van der Waals surface area contributed by atoms with Gasteiger partial charge in [-0.25, -0.2) is 0 Å². The van der Waals surface area contributed by atoms with Crippen LogP contribution in [0.1, 0.15) is 32.1 Å². The van der Waals surface area contributed by atoms with E-state index in [2.05, 4.69) is 15.6 Å². The first-order chi connectivity index (χ1) is 9.78. The van der Waals surface area contributed by atoms with Gasteiger partial charge < -0.3 is 15.4 Å². The largest absolute Gasteiger partial charge is 0.494 e. The number of hydrogen-bond donors (Lipinski definition) is 2. The Kier molecular flexibility index (Phi) is 3.87. The van der Waals surface area contributed by atoms with E-state index in [4.69, 9.17) is 4.74 Å². The highest BCUT2D eigenvalue weighted by molar-refractivity contribution is 5.96. The molecule has 2 N–H and O–H groups in total. The van der Waals surface area contributed by atoms with Gasteiger partial charge in [-0.1, -0.05) is 12.8 Å². The zero-order chi connectivity index (χ0) is 13.9. The summed E-state index contributed by atoms with van der Waals surface area (Å²) in [6.07, 6.45) is 9.24. The van der Waals surface area contributed by atoms with E-state index >= 15 is 0 Å². The molecule has 20 heavy (non-hydrogen) atoms. The van der Waals surface area contributed by atoms with E-state index in [0.29, 0.717) is 23.4 Å². The number of methoxy groups -OCH3 is 1. The van der Waals surface area contributed by atoms with Crippen molar-refractivity contribution in [2.45, 2.75) is 44.2 Å². The Morgan fingerprint density at radius 2 is 2.30 bits per heavy atom. The molecule has 1 aliphatic carbocycles. The van der Waals surface area contributed by atoms with Crippen LogP contribution in [-0.2, 0) is 4.79 Å². The van der Waals surface area contributed by atoms with Gasteiger partial charge in [-0.15, -0.1) is 0 Å². The molecule has 2 fully saturated rings. The summed E-state index contributed by atoms with van der Waals surface area (Å²) in [5, 5.41) is 6.40. The minimum absolute atomic E-state index is 0.0192. The van der Waals surface area contributed by atoms with Crippen molar-refractivity contribution in [1.29, 1.82) is 0 Å². The second-order valence-corrected chi connectivity index (χ2v) is 5.67. The number of ether oxygens (including phenoxy) is 1. The fourth-order valence-electron chi connectivity index (χ4n) is 3.39. The maximum Gasteiger partial charge on any atom is 0.241 e. The fraction of sp³-hybridized carbons (Fsp3) is 0.600. The van der Waals surface area contributed by atoms with Crippen LogP contribution < -0.4 is 15.4 Å². The molecule has 3 unspecified atom stereocenters. The highest BCUT2D eigenvalue weighted by Crippen LogP contribution is 2.33. The Balaban J connectivity index is 1.65. The molecular weight excluding hydrogens is 254 g/mol. The number of carbonyl (C=O) groups is 1. The van der Waals surface area contributed by atoms with Gasteiger partial charge >= 0.3 is 0 Å². The topological polar surface area (TPSA) is 63.2 Å². The Hall–Kier alpha value is -1.62. The summed E-state index contributed by atoms with van der Waals surface area (Å²) in [5.41, 5.74) is 0.636. The lowest BCUT2D eigenvalue weighted by Gasteiger charge is -2.24. The third-order valence-electron chi connectivity index (χ3n) is 4.44. The number of nitrogens with zero attached hydrogens (tertiary/aromatic N) is 1. The summed E-state index contributed by atoms with van der Waals surface area (Å²) in [6, 6.07) is 2.18. The minimum Gasteiger partial charge on any atom is -0.494 e. The maximum atomic E-state index is 12.4. The van der Waals surface area contributed by atoms with E-state index in [1.807, 2.05) is 0 Å². The van der Waals surface area contributed by atoms with Crippen LogP contribution in [0.3, 0.4) is 0 Å². The molecule has 1 amide bonds. The van der Waals surface area contributed by atoms with Gasteiger partial charge in [-0.2, -0.15) is 0 Å². The monoisotopic (exact) mass is 275 g/mol. The molecule has 0 spiro atoms. The predicted molar refractivity (Wildman–Crippen MR) is 76.7 cm³/mol. The number of pyridine rings is 1. The lowest BCUT2D eigenvalue weighted by Crippen LogP contribution is -2.39. The first kappa shape index (κ1) is 13.4. The van der Waals surface area contributed by atoms with Crippen LogP contribution in [0.25, 0.3) is 0 Å². The van der Waals surface area contributed by atoms with Crippen molar-refractivity contribution in [1.82, 2.24) is 10.3 Å². The van der Waals surface area contributed by atoms with Gasteiger partial charge in [0.2, 0.25) is 5.91 Å². The number of nitrogens with one attached hydrogen (secondary N) is 2. The molecule has 0 bridgehead atoms. The van der Waals surface area contributed by atoms with Gasteiger partial charge in [-0.05, 0) is 25.2 Å². The molecule has 1 aromatic heterocycles. The molecule has 2 aliphatic rings. The van der Waals surface area contributed by atoms with Crippen LogP contribution in [-0.4, -0.2) is 30.1 Å². The number of fused-ring (bicyclic) bond motifs is 1. The summed E-state index contributed by atoms with van der Waals surface area (Å²) in [6.45, 7) is 0. The van der Waals surface area contributed by atoms with E-state index in [0.717, 1.165) is 6.42 Å². The quantitative estimate of drug-likeness (QED) is 0.885. The fourth-order valence-corrected chi connectivity index (χ4v) is 3.39. The molecule has 1 saturated heterocycles. The minimum atomic E-state index is -0.0898. The van der Waals surface area contributed by atoms with Crippen molar-refractivity contribution >= 4 is 11.6 Å². The predicted octanol–water partition coefficient (Wildman–Crippen LogP) is 1.95. The third kappa shape index (κ3) is 2.63. The van der Waals surface area contributed by atoms with E-state index < -0.39 is 0 Å². The van der Waals surface area contributed by atoms with E-state index in [-0.39, 0.29) is 11.9 Å². The number of anilines is 1. The van der Waals surface area contributed by atoms with Crippen molar-refractivity contribution in [3.63, 3.8) is 0 Å². The molecule has 5 heteroatoms. The molecule has 108 valence electrons. The van der Waals surface area contributed by atoms with Crippen LogP contribution in [0.2, 0.25) is 0 Å². The lowest BCUT2D eigenvalue weighted by atomic mass is 9.85.